The minimum absolute atomic E-state index is 0.172. The van der Waals surface area contributed by atoms with Crippen LogP contribution in [0, 0.1) is 5.41 Å². The Bertz CT molecular complexity index is 125. The Balaban J connectivity index is 3.95. The third kappa shape index (κ3) is 6.05. The summed E-state index contributed by atoms with van der Waals surface area (Å²) < 4.78 is 5.66. The lowest BCUT2D eigenvalue weighted by Gasteiger charge is -2.31. The van der Waals surface area contributed by atoms with E-state index < -0.39 is 0 Å². The lowest BCUT2D eigenvalue weighted by Crippen LogP contribution is -2.31. The van der Waals surface area contributed by atoms with Gasteiger partial charge in [-0.05, 0) is 18.8 Å². The van der Waals surface area contributed by atoms with E-state index in [-0.39, 0.29) is 17.6 Å². The predicted molar refractivity (Wildman–Crippen MR) is 55.8 cm³/mol. The Kier molecular flexibility index (Phi) is 5.57. The number of ether oxygens (including phenoxy) is 1. The fourth-order valence-electron chi connectivity index (χ4n) is 1.28. The van der Waals surface area contributed by atoms with Crippen LogP contribution in [0.5, 0.6) is 0 Å². The van der Waals surface area contributed by atoms with Crippen molar-refractivity contribution < 1.29 is 9.84 Å². The molecule has 0 rings (SSSR count). The molecule has 2 unspecified atom stereocenters. The smallest absolute Gasteiger partial charge is 0.0745 e. The molecule has 0 spiro atoms. The molecule has 0 fully saturated rings. The van der Waals surface area contributed by atoms with Gasteiger partial charge in [0.25, 0.3) is 0 Å². The second kappa shape index (κ2) is 5.61. The van der Waals surface area contributed by atoms with Crippen LogP contribution in [0.15, 0.2) is 0 Å². The molecule has 0 saturated heterocycles. The highest BCUT2D eigenvalue weighted by Crippen LogP contribution is 2.25. The number of aliphatic hydroxyl groups excluding tert-OH is 1. The van der Waals surface area contributed by atoms with Gasteiger partial charge in [0.15, 0.2) is 0 Å². The topological polar surface area (TPSA) is 29.5 Å². The van der Waals surface area contributed by atoms with Crippen molar-refractivity contribution in [2.45, 2.75) is 59.7 Å². The first kappa shape index (κ1) is 12.9. The molecule has 1 N–H and O–H groups in total. The van der Waals surface area contributed by atoms with E-state index in [0.717, 1.165) is 12.8 Å². The van der Waals surface area contributed by atoms with Crippen molar-refractivity contribution in [1.82, 2.24) is 0 Å². The van der Waals surface area contributed by atoms with E-state index in [1.54, 1.807) is 6.92 Å². The third-order valence-electron chi connectivity index (χ3n) is 2.06. The molecule has 2 nitrogen and oxygen atoms in total. The normalized spacial score (nSPS) is 17.1. The molecule has 0 amide bonds. The molecule has 0 aliphatic heterocycles. The molecule has 0 aliphatic carbocycles. The van der Waals surface area contributed by atoms with Crippen molar-refractivity contribution in [3.8, 4) is 0 Å². The first-order chi connectivity index (χ1) is 5.88. The van der Waals surface area contributed by atoms with Crippen LogP contribution in [-0.2, 0) is 4.74 Å². The maximum absolute atomic E-state index is 9.11. The Hall–Kier alpha value is -0.0800. The van der Waals surface area contributed by atoms with E-state index in [4.69, 9.17) is 9.84 Å². The summed E-state index contributed by atoms with van der Waals surface area (Å²) in [4.78, 5) is 0. The van der Waals surface area contributed by atoms with Crippen LogP contribution >= 0.6 is 0 Å². The molecule has 0 radical (unpaired) electrons. The molecule has 80 valence electrons. The van der Waals surface area contributed by atoms with Crippen LogP contribution in [0.3, 0.4) is 0 Å². The van der Waals surface area contributed by atoms with Gasteiger partial charge in [-0.2, -0.15) is 0 Å². The summed E-state index contributed by atoms with van der Waals surface area (Å²) in [6, 6.07) is 0. The van der Waals surface area contributed by atoms with Crippen LogP contribution in [0.2, 0.25) is 0 Å². The number of rotatable bonds is 5. The van der Waals surface area contributed by atoms with E-state index in [1.807, 2.05) is 0 Å². The molecule has 2 heteroatoms. The van der Waals surface area contributed by atoms with E-state index in [2.05, 4.69) is 27.7 Å². The number of hydrogen-bond donors (Lipinski definition) is 1. The fraction of sp³-hybridized carbons (Fsp3) is 1.00. The number of aliphatic hydroxyl groups is 1. The van der Waals surface area contributed by atoms with Crippen molar-refractivity contribution >= 4 is 0 Å². The van der Waals surface area contributed by atoms with Gasteiger partial charge in [0.2, 0.25) is 0 Å². The maximum Gasteiger partial charge on any atom is 0.0745 e. The van der Waals surface area contributed by atoms with Crippen molar-refractivity contribution in [3.05, 3.63) is 0 Å². The van der Waals surface area contributed by atoms with Gasteiger partial charge in [-0.1, -0.05) is 34.1 Å². The first-order valence-corrected chi connectivity index (χ1v) is 5.17. The first-order valence-electron chi connectivity index (χ1n) is 5.17. The van der Waals surface area contributed by atoms with E-state index in [0.29, 0.717) is 6.61 Å². The summed E-state index contributed by atoms with van der Waals surface area (Å²) in [5.74, 6) is 0. The average Bonchev–Trinajstić information content (AvgIpc) is 1.95. The Morgan fingerprint density at radius 1 is 1.31 bits per heavy atom. The minimum Gasteiger partial charge on any atom is -0.391 e. The fourth-order valence-corrected chi connectivity index (χ4v) is 1.28. The molecular formula is C11H24O2. The zero-order valence-electron chi connectivity index (χ0n) is 9.63. The highest BCUT2D eigenvalue weighted by molar-refractivity contribution is 4.74. The monoisotopic (exact) mass is 188 g/mol. The van der Waals surface area contributed by atoms with Gasteiger partial charge in [0.1, 0.15) is 0 Å². The van der Waals surface area contributed by atoms with Crippen LogP contribution in [-0.4, -0.2) is 23.9 Å². The quantitative estimate of drug-likeness (QED) is 0.718. The van der Waals surface area contributed by atoms with Crippen LogP contribution in [0.4, 0.5) is 0 Å². The second-order valence-corrected chi connectivity index (χ2v) is 4.83. The summed E-state index contributed by atoms with van der Waals surface area (Å²) in [5, 5.41) is 9.11. The van der Waals surface area contributed by atoms with Crippen molar-refractivity contribution in [3.63, 3.8) is 0 Å². The molecule has 0 saturated carbocycles. The second-order valence-electron chi connectivity index (χ2n) is 4.83. The van der Waals surface area contributed by atoms with Crippen molar-refractivity contribution in [2.24, 2.45) is 5.41 Å². The van der Waals surface area contributed by atoms with Gasteiger partial charge in [-0.3, -0.25) is 0 Å². The predicted octanol–water partition coefficient (Wildman–Crippen LogP) is 2.60. The van der Waals surface area contributed by atoms with E-state index >= 15 is 0 Å². The highest BCUT2D eigenvalue weighted by atomic mass is 16.5. The summed E-state index contributed by atoms with van der Waals surface area (Å²) in [7, 11) is 0. The Labute approximate surface area is 82.3 Å². The largest absolute Gasteiger partial charge is 0.391 e. The SMILES string of the molecule is CCCC(OCC(C)O)C(C)(C)C. The highest BCUT2D eigenvalue weighted by Gasteiger charge is 2.24. The van der Waals surface area contributed by atoms with Crippen LogP contribution in [0.1, 0.15) is 47.5 Å². The lowest BCUT2D eigenvalue weighted by molar-refractivity contribution is -0.0551. The zero-order chi connectivity index (χ0) is 10.5. The van der Waals surface area contributed by atoms with Gasteiger partial charge in [0, 0.05) is 0 Å². The van der Waals surface area contributed by atoms with Gasteiger partial charge >= 0.3 is 0 Å². The van der Waals surface area contributed by atoms with Crippen LogP contribution in [0.25, 0.3) is 0 Å². The third-order valence-corrected chi connectivity index (χ3v) is 2.06. The molecule has 0 bridgehead atoms. The number of hydrogen-bond acceptors (Lipinski definition) is 2. The summed E-state index contributed by atoms with van der Waals surface area (Å²) in [6.45, 7) is 10.9. The molecule has 2 atom stereocenters. The molecule has 0 aromatic heterocycles. The van der Waals surface area contributed by atoms with Crippen molar-refractivity contribution in [1.29, 1.82) is 0 Å². The minimum atomic E-state index is -0.360. The van der Waals surface area contributed by atoms with Crippen LogP contribution < -0.4 is 0 Å². The Morgan fingerprint density at radius 2 is 1.85 bits per heavy atom. The van der Waals surface area contributed by atoms with Gasteiger partial charge in [-0.25, -0.2) is 0 Å². The Morgan fingerprint density at radius 3 is 2.15 bits per heavy atom. The molecular weight excluding hydrogens is 164 g/mol. The average molecular weight is 188 g/mol. The molecule has 0 aliphatic rings. The summed E-state index contributed by atoms with van der Waals surface area (Å²) >= 11 is 0. The van der Waals surface area contributed by atoms with E-state index in [9.17, 15) is 0 Å². The van der Waals surface area contributed by atoms with Crippen molar-refractivity contribution in [2.75, 3.05) is 6.61 Å². The standard InChI is InChI=1S/C11H24O2/c1-6-7-10(11(3,4)5)13-8-9(2)12/h9-10,12H,6-8H2,1-5H3. The molecule has 13 heavy (non-hydrogen) atoms. The van der Waals surface area contributed by atoms with E-state index in [1.165, 1.54) is 0 Å². The zero-order valence-corrected chi connectivity index (χ0v) is 9.63. The summed E-state index contributed by atoms with van der Waals surface area (Å²) in [5.41, 5.74) is 0.172. The molecule has 0 aromatic carbocycles. The molecule has 0 aromatic rings. The lowest BCUT2D eigenvalue weighted by atomic mass is 9.86. The van der Waals surface area contributed by atoms with Gasteiger partial charge in [0.05, 0.1) is 18.8 Å². The summed E-state index contributed by atoms with van der Waals surface area (Å²) in [6.07, 6.45) is 2.09. The molecule has 0 heterocycles. The van der Waals surface area contributed by atoms with Gasteiger partial charge in [-0.15, -0.1) is 0 Å². The maximum atomic E-state index is 9.11. The van der Waals surface area contributed by atoms with Gasteiger partial charge < -0.3 is 9.84 Å².